The normalized spacial score (nSPS) is 12.5. The number of oxime groups is 1. The molecule has 0 spiro atoms. The Morgan fingerprint density at radius 1 is 1.55 bits per heavy atom. The Morgan fingerprint density at radius 3 is 2.45 bits per heavy atom. The Morgan fingerprint density at radius 2 is 2.09 bits per heavy atom. The molecule has 0 radical (unpaired) electrons. The van der Waals surface area contributed by atoms with Gasteiger partial charge in [-0.25, -0.2) is 0 Å². The predicted octanol–water partition coefficient (Wildman–Crippen LogP) is 2.06. The molecule has 0 atom stereocenters. The summed E-state index contributed by atoms with van der Waals surface area (Å²) in [7, 11) is 0. The van der Waals surface area contributed by atoms with Gasteiger partial charge < -0.3 is 4.84 Å². The van der Waals surface area contributed by atoms with Crippen molar-refractivity contribution >= 4 is 5.71 Å². The van der Waals surface area contributed by atoms with Crippen LogP contribution in [0, 0.1) is 17.8 Å². The fourth-order valence-corrected chi connectivity index (χ4v) is 0.303. The van der Waals surface area contributed by atoms with Crippen molar-refractivity contribution in [3.8, 4) is 12.3 Å². The van der Waals surface area contributed by atoms with Gasteiger partial charge >= 0.3 is 0 Å². The predicted molar refractivity (Wildman–Crippen MR) is 47.3 cm³/mol. The molecule has 0 aromatic heterocycles. The molecule has 0 bridgehead atoms. The van der Waals surface area contributed by atoms with Crippen LogP contribution in [0.5, 0.6) is 0 Å². The molecule has 0 aliphatic heterocycles. The maximum atomic E-state index is 4.98. The second-order valence-electron chi connectivity index (χ2n) is 3.40. The highest BCUT2D eigenvalue weighted by atomic mass is 16.6. The Kier molecular flexibility index (Phi) is 3.67. The molecule has 0 aliphatic rings. The van der Waals surface area contributed by atoms with Crippen LogP contribution in [0.25, 0.3) is 0 Å². The van der Waals surface area contributed by atoms with E-state index >= 15 is 0 Å². The first kappa shape index (κ1) is 10.0. The third-order valence-corrected chi connectivity index (χ3v) is 1.43. The summed E-state index contributed by atoms with van der Waals surface area (Å²) in [6.07, 6.45) is 4.98. The lowest BCUT2D eigenvalue weighted by atomic mass is 9.91. The van der Waals surface area contributed by atoms with E-state index in [0.717, 1.165) is 5.71 Å². The quantitative estimate of drug-likeness (QED) is 0.257. The largest absolute Gasteiger partial charge is 0.383 e. The van der Waals surface area contributed by atoms with Gasteiger partial charge in [0.2, 0.25) is 0 Å². The highest BCUT2D eigenvalue weighted by Gasteiger charge is 2.14. The third-order valence-electron chi connectivity index (χ3n) is 1.43. The fourth-order valence-electron chi connectivity index (χ4n) is 0.303. The highest BCUT2D eigenvalue weighted by molar-refractivity contribution is 5.86. The number of hydrogen-bond acceptors (Lipinski definition) is 2. The molecule has 2 nitrogen and oxygen atoms in total. The van der Waals surface area contributed by atoms with E-state index in [4.69, 9.17) is 11.3 Å². The van der Waals surface area contributed by atoms with Crippen LogP contribution >= 0.6 is 0 Å². The van der Waals surface area contributed by atoms with Crippen LogP contribution in [0.15, 0.2) is 5.16 Å². The third kappa shape index (κ3) is 4.44. The van der Waals surface area contributed by atoms with Crippen molar-refractivity contribution in [3.63, 3.8) is 0 Å². The number of hydrogen-bond donors (Lipinski definition) is 0. The topological polar surface area (TPSA) is 21.6 Å². The van der Waals surface area contributed by atoms with Crippen LogP contribution in [-0.2, 0) is 4.84 Å². The van der Waals surface area contributed by atoms with Crippen LogP contribution < -0.4 is 0 Å². The number of rotatable bonds is 2. The maximum absolute atomic E-state index is 4.98. The summed E-state index contributed by atoms with van der Waals surface area (Å²) in [6, 6.07) is 0. The van der Waals surface area contributed by atoms with Gasteiger partial charge in [-0.05, 0) is 6.92 Å². The van der Waals surface area contributed by atoms with Gasteiger partial charge in [0.25, 0.3) is 0 Å². The highest BCUT2D eigenvalue weighted by Crippen LogP contribution is 2.15. The Hall–Kier alpha value is -0.970. The fraction of sp³-hybridized carbons (Fsp3) is 0.667. The molecule has 0 saturated heterocycles. The van der Waals surface area contributed by atoms with E-state index in [9.17, 15) is 0 Å². The van der Waals surface area contributed by atoms with Crippen LogP contribution in [-0.4, -0.2) is 12.3 Å². The average molecular weight is 153 g/mol. The van der Waals surface area contributed by atoms with Crippen molar-refractivity contribution in [2.45, 2.75) is 27.7 Å². The zero-order valence-electron chi connectivity index (χ0n) is 7.64. The van der Waals surface area contributed by atoms with Crippen molar-refractivity contribution in [2.75, 3.05) is 6.61 Å². The molecule has 0 saturated carbocycles. The molecule has 0 unspecified atom stereocenters. The summed E-state index contributed by atoms with van der Waals surface area (Å²) in [5.74, 6) is 2.35. The molecular weight excluding hydrogens is 138 g/mol. The lowest BCUT2D eigenvalue weighted by Crippen LogP contribution is -2.17. The molecule has 11 heavy (non-hydrogen) atoms. The summed E-state index contributed by atoms with van der Waals surface area (Å²) in [5, 5.41) is 3.86. The lowest BCUT2D eigenvalue weighted by Gasteiger charge is -2.16. The minimum Gasteiger partial charge on any atom is -0.383 e. The van der Waals surface area contributed by atoms with Crippen molar-refractivity contribution in [1.82, 2.24) is 0 Å². The summed E-state index contributed by atoms with van der Waals surface area (Å²) in [4.78, 5) is 4.82. The van der Waals surface area contributed by atoms with E-state index in [1.807, 2.05) is 6.92 Å². The van der Waals surface area contributed by atoms with Crippen LogP contribution in [0.4, 0.5) is 0 Å². The second kappa shape index (κ2) is 4.02. The van der Waals surface area contributed by atoms with Crippen LogP contribution in [0.2, 0.25) is 0 Å². The smallest absolute Gasteiger partial charge is 0.177 e. The van der Waals surface area contributed by atoms with Gasteiger partial charge in [0.15, 0.2) is 6.61 Å². The molecule has 62 valence electrons. The van der Waals surface area contributed by atoms with Gasteiger partial charge in [-0.3, -0.25) is 0 Å². The molecular formula is C9H15NO. The minimum atomic E-state index is 0.0641. The molecule has 0 fully saturated rings. The SMILES string of the molecule is C#CCO/N=C(/C)C(C)(C)C. The zero-order valence-corrected chi connectivity index (χ0v) is 7.64. The van der Waals surface area contributed by atoms with Crippen LogP contribution in [0.1, 0.15) is 27.7 Å². The zero-order chi connectivity index (χ0) is 8.91. The molecule has 0 rings (SSSR count). The van der Waals surface area contributed by atoms with E-state index in [-0.39, 0.29) is 12.0 Å². The van der Waals surface area contributed by atoms with Gasteiger partial charge in [0, 0.05) is 5.41 Å². The van der Waals surface area contributed by atoms with Crippen molar-refractivity contribution in [3.05, 3.63) is 0 Å². The van der Waals surface area contributed by atoms with Crippen molar-refractivity contribution in [2.24, 2.45) is 10.6 Å². The van der Waals surface area contributed by atoms with Gasteiger partial charge in [0.05, 0.1) is 5.71 Å². The van der Waals surface area contributed by atoms with Crippen LogP contribution in [0.3, 0.4) is 0 Å². The van der Waals surface area contributed by atoms with Crippen molar-refractivity contribution < 1.29 is 4.84 Å². The monoisotopic (exact) mass is 153 g/mol. The standard InChI is InChI=1S/C9H15NO/c1-6-7-11-10-8(2)9(3,4)5/h1H,7H2,2-5H3/b10-8-. The maximum Gasteiger partial charge on any atom is 0.177 e. The summed E-state index contributed by atoms with van der Waals surface area (Å²) >= 11 is 0. The molecule has 0 N–H and O–H groups in total. The molecule has 0 aromatic carbocycles. The van der Waals surface area contributed by atoms with E-state index < -0.39 is 0 Å². The Labute approximate surface area is 68.6 Å². The Balaban J connectivity index is 3.93. The summed E-state index contributed by atoms with van der Waals surface area (Å²) in [6.45, 7) is 8.39. The average Bonchev–Trinajstić information content (AvgIpc) is 1.86. The molecule has 0 amide bonds. The first-order valence-electron chi connectivity index (χ1n) is 3.59. The number of nitrogens with zero attached hydrogens (tertiary/aromatic N) is 1. The minimum absolute atomic E-state index is 0.0641. The van der Waals surface area contributed by atoms with E-state index in [1.165, 1.54) is 0 Å². The Bertz CT molecular complexity index is 181. The van der Waals surface area contributed by atoms with Crippen molar-refractivity contribution in [1.29, 1.82) is 0 Å². The molecule has 0 heterocycles. The molecule has 2 heteroatoms. The second-order valence-corrected chi connectivity index (χ2v) is 3.40. The molecule has 0 aromatic rings. The summed E-state index contributed by atoms with van der Waals surface area (Å²) < 4.78 is 0. The molecule has 0 aliphatic carbocycles. The van der Waals surface area contributed by atoms with E-state index in [2.05, 4.69) is 31.8 Å². The van der Waals surface area contributed by atoms with Gasteiger partial charge in [0.1, 0.15) is 0 Å². The van der Waals surface area contributed by atoms with Gasteiger partial charge in [-0.1, -0.05) is 31.8 Å². The van der Waals surface area contributed by atoms with Gasteiger partial charge in [-0.2, -0.15) is 0 Å². The lowest BCUT2D eigenvalue weighted by molar-refractivity contribution is 0.176. The first-order chi connectivity index (χ1) is 4.98. The van der Waals surface area contributed by atoms with E-state index in [1.54, 1.807) is 0 Å². The number of terminal acetylenes is 1. The first-order valence-corrected chi connectivity index (χ1v) is 3.59. The van der Waals surface area contributed by atoms with Gasteiger partial charge in [-0.15, -0.1) is 6.42 Å². The summed E-state index contributed by atoms with van der Waals surface area (Å²) in [5.41, 5.74) is 1.02. The van der Waals surface area contributed by atoms with E-state index in [0.29, 0.717) is 0 Å².